The lowest BCUT2D eigenvalue weighted by molar-refractivity contribution is 0.601. The molecule has 7 heteroatoms. The van der Waals surface area contributed by atoms with E-state index in [1.165, 1.54) is 24.4 Å². The number of rotatable bonds is 3. The van der Waals surface area contributed by atoms with Gasteiger partial charge >= 0.3 is 0 Å². The van der Waals surface area contributed by atoms with Crippen molar-refractivity contribution in [2.24, 2.45) is 0 Å². The van der Waals surface area contributed by atoms with Gasteiger partial charge in [0.05, 0.1) is 26.8 Å². The quantitative estimate of drug-likeness (QED) is 0.947. The van der Waals surface area contributed by atoms with Gasteiger partial charge in [-0.1, -0.05) is 23.2 Å². The number of aromatic nitrogens is 1. The van der Waals surface area contributed by atoms with E-state index in [2.05, 4.69) is 9.71 Å². The third-order valence-corrected chi connectivity index (χ3v) is 4.23. The first-order valence-corrected chi connectivity index (χ1v) is 7.11. The van der Waals surface area contributed by atoms with Crippen molar-refractivity contribution in [3.05, 3.63) is 52.8 Å². The van der Waals surface area contributed by atoms with Gasteiger partial charge in [-0.05, 0) is 30.3 Å². The fourth-order valence-corrected chi connectivity index (χ4v) is 2.71. The lowest BCUT2D eigenvalue weighted by Gasteiger charge is -2.08. The molecule has 1 aromatic carbocycles. The van der Waals surface area contributed by atoms with Gasteiger partial charge in [-0.3, -0.25) is 9.71 Å². The van der Waals surface area contributed by atoms with Gasteiger partial charge in [0.15, 0.2) is 0 Å². The number of hydrogen-bond acceptors (Lipinski definition) is 3. The standard InChI is InChI=1S/C11H8Cl2N2O2S/c12-10-4-3-9(6-11(10)13)18(16,17)15-8-2-1-5-14-7-8/h1-7,15H. The lowest BCUT2D eigenvalue weighted by atomic mass is 10.4. The number of anilines is 1. The molecule has 18 heavy (non-hydrogen) atoms. The van der Waals surface area contributed by atoms with E-state index in [9.17, 15) is 8.42 Å². The van der Waals surface area contributed by atoms with Crippen molar-refractivity contribution in [1.82, 2.24) is 4.98 Å². The summed E-state index contributed by atoms with van der Waals surface area (Å²) in [5.74, 6) is 0. The van der Waals surface area contributed by atoms with Crippen LogP contribution in [0.1, 0.15) is 0 Å². The Balaban J connectivity index is 2.34. The molecule has 0 aliphatic heterocycles. The number of pyridine rings is 1. The van der Waals surface area contributed by atoms with Crippen LogP contribution in [0.4, 0.5) is 5.69 Å². The van der Waals surface area contributed by atoms with Gasteiger partial charge in [-0.15, -0.1) is 0 Å². The first-order valence-electron chi connectivity index (χ1n) is 4.87. The zero-order chi connectivity index (χ0) is 13.2. The third-order valence-electron chi connectivity index (χ3n) is 2.12. The fourth-order valence-electron chi connectivity index (χ4n) is 1.28. The molecule has 2 rings (SSSR count). The average Bonchev–Trinajstić information content (AvgIpc) is 2.33. The van der Waals surface area contributed by atoms with Crippen LogP contribution in [0.15, 0.2) is 47.6 Å². The van der Waals surface area contributed by atoms with E-state index in [0.29, 0.717) is 10.7 Å². The van der Waals surface area contributed by atoms with Gasteiger partial charge < -0.3 is 0 Å². The van der Waals surface area contributed by atoms with E-state index in [0.717, 1.165) is 0 Å². The number of sulfonamides is 1. The van der Waals surface area contributed by atoms with Crippen LogP contribution in [-0.2, 0) is 10.0 Å². The predicted molar refractivity (Wildman–Crippen MR) is 71.5 cm³/mol. The first kappa shape index (κ1) is 13.1. The van der Waals surface area contributed by atoms with Gasteiger partial charge in [0.1, 0.15) is 0 Å². The number of nitrogens with one attached hydrogen (secondary N) is 1. The largest absolute Gasteiger partial charge is 0.278 e. The molecular weight excluding hydrogens is 295 g/mol. The van der Waals surface area contributed by atoms with Gasteiger partial charge in [-0.2, -0.15) is 0 Å². The Morgan fingerprint density at radius 1 is 1.11 bits per heavy atom. The molecule has 1 N–H and O–H groups in total. The lowest BCUT2D eigenvalue weighted by Crippen LogP contribution is -2.12. The molecule has 94 valence electrons. The third kappa shape index (κ3) is 2.93. The van der Waals surface area contributed by atoms with E-state index in [1.807, 2.05) is 0 Å². The van der Waals surface area contributed by atoms with Crippen molar-refractivity contribution in [1.29, 1.82) is 0 Å². The molecule has 0 spiro atoms. The minimum atomic E-state index is -3.69. The maximum Gasteiger partial charge on any atom is 0.261 e. The van der Waals surface area contributed by atoms with E-state index in [-0.39, 0.29) is 9.92 Å². The SMILES string of the molecule is O=S(=O)(Nc1cccnc1)c1ccc(Cl)c(Cl)c1. The van der Waals surface area contributed by atoms with Crippen molar-refractivity contribution in [2.75, 3.05) is 4.72 Å². The van der Waals surface area contributed by atoms with Crippen LogP contribution >= 0.6 is 23.2 Å². The van der Waals surface area contributed by atoms with E-state index >= 15 is 0 Å². The zero-order valence-corrected chi connectivity index (χ0v) is 11.3. The zero-order valence-electron chi connectivity index (χ0n) is 8.97. The fraction of sp³-hybridized carbons (Fsp3) is 0. The number of hydrogen-bond donors (Lipinski definition) is 1. The molecule has 1 heterocycles. The summed E-state index contributed by atoms with van der Waals surface area (Å²) in [5.41, 5.74) is 0.378. The molecule has 0 saturated carbocycles. The minimum absolute atomic E-state index is 0.0424. The summed E-state index contributed by atoms with van der Waals surface area (Å²) < 4.78 is 26.4. The van der Waals surface area contributed by atoms with Crippen LogP contribution in [0.25, 0.3) is 0 Å². The van der Waals surface area contributed by atoms with Crippen LogP contribution in [0.5, 0.6) is 0 Å². The van der Waals surface area contributed by atoms with Crippen LogP contribution < -0.4 is 4.72 Å². The Morgan fingerprint density at radius 3 is 2.50 bits per heavy atom. The predicted octanol–water partition coefficient (Wildman–Crippen LogP) is 3.19. The Hall–Kier alpha value is -1.30. The maximum atomic E-state index is 12.0. The monoisotopic (exact) mass is 302 g/mol. The highest BCUT2D eigenvalue weighted by Crippen LogP contribution is 2.25. The number of benzene rings is 1. The van der Waals surface area contributed by atoms with E-state index in [1.54, 1.807) is 18.3 Å². The minimum Gasteiger partial charge on any atom is -0.278 e. The van der Waals surface area contributed by atoms with E-state index in [4.69, 9.17) is 23.2 Å². The highest BCUT2D eigenvalue weighted by atomic mass is 35.5. The molecule has 2 aromatic rings. The number of halogens is 2. The Labute approximate surface area is 115 Å². The molecule has 0 aliphatic carbocycles. The summed E-state index contributed by atoms with van der Waals surface area (Å²) in [6.07, 6.45) is 2.96. The molecule has 0 bridgehead atoms. The smallest absolute Gasteiger partial charge is 0.261 e. The Bertz CT molecular complexity index is 660. The van der Waals surface area contributed by atoms with Crippen molar-refractivity contribution in [3.8, 4) is 0 Å². The van der Waals surface area contributed by atoms with E-state index < -0.39 is 10.0 Å². The molecule has 0 fully saturated rings. The number of nitrogens with zero attached hydrogens (tertiary/aromatic N) is 1. The van der Waals surface area contributed by atoms with Crippen LogP contribution in [0, 0.1) is 0 Å². The van der Waals surface area contributed by atoms with Crippen molar-refractivity contribution in [3.63, 3.8) is 0 Å². The van der Waals surface area contributed by atoms with Crippen LogP contribution in [0.2, 0.25) is 10.0 Å². The summed E-state index contributed by atoms with van der Waals surface area (Å²) in [5, 5.41) is 0.489. The topological polar surface area (TPSA) is 59.1 Å². The average molecular weight is 303 g/mol. The summed E-state index contributed by atoms with van der Waals surface area (Å²) >= 11 is 11.5. The normalized spacial score (nSPS) is 11.2. The highest BCUT2D eigenvalue weighted by molar-refractivity contribution is 7.92. The van der Waals surface area contributed by atoms with Crippen LogP contribution in [-0.4, -0.2) is 13.4 Å². The van der Waals surface area contributed by atoms with Crippen LogP contribution in [0.3, 0.4) is 0 Å². The second-order valence-corrected chi connectivity index (χ2v) is 5.92. The summed E-state index contributed by atoms with van der Waals surface area (Å²) in [6, 6.07) is 7.34. The van der Waals surface area contributed by atoms with Gasteiger partial charge in [-0.25, -0.2) is 8.42 Å². The molecule has 0 aliphatic rings. The molecule has 0 saturated heterocycles. The van der Waals surface area contributed by atoms with Crippen molar-refractivity contribution < 1.29 is 8.42 Å². The second-order valence-electron chi connectivity index (χ2n) is 3.42. The molecule has 0 atom stereocenters. The molecule has 0 radical (unpaired) electrons. The molecule has 1 aromatic heterocycles. The van der Waals surface area contributed by atoms with Gasteiger partial charge in [0, 0.05) is 6.20 Å². The second kappa shape index (κ2) is 5.14. The van der Waals surface area contributed by atoms with Crippen molar-refractivity contribution >= 4 is 38.9 Å². The molecule has 0 amide bonds. The van der Waals surface area contributed by atoms with Crippen molar-refractivity contribution in [2.45, 2.75) is 4.90 Å². The molecular formula is C11H8Cl2N2O2S. The van der Waals surface area contributed by atoms with Gasteiger partial charge in [0.2, 0.25) is 0 Å². The maximum absolute atomic E-state index is 12.0. The molecule has 0 unspecified atom stereocenters. The Morgan fingerprint density at radius 2 is 1.89 bits per heavy atom. The molecule has 4 nitrogen and oxygen atoms in total. The summed E-state index contributed by atoms with van der Waals surface area (Å²) in [4.78, 5) is 3.86. The highest BCUT2D eigenvalue weighted by Gasteiger charge is 2.15. The summed E-state index contributed by atoms with van der Waals surface area (Å²) in [6.45, 7) is 0. The van der Waals surface area contributed by atoms with Gasteiger partial charge in [0.25, 0.3) is 10.0 Å². The first-order chi connectivity index (χ1) is 8.49. The summed E-state index contributed by atoms with van der Waals surface area (Å²) in [7, 11) is -3.69. The Kier molecular flexibility index (Phi) is 3.75.